The van der Waals surface area contributed by atoms with Crippen LogP contribution in [0.15, 0.2) is 83.8 Å². The summed E-state index contributed by atoms with van der Waals surface area (Å²) in [5.41, 5.74) is 3.99. The van der Waals surface area contributed by atoms with E-state index in [-0.39, 0.29) is 0 Å². The highest BCUT2D eigenvalue weighted by Gasteiger charge is 2.21. The summed E-state index contributed by atoms with van der Waals surface area (Å²) in [6.45, 7) is 6.32. The summed E-state index contributed by atoms with van der Waals surface area (Å²) < 4.78 is 12.2. The monoisotopic (exact) mass is 369 g/mol. The average molecular weight is 369 g/mol. The van der Waals surface area contributed by atoms with E-state index in [1.165, 1.54) is 0 Å². The fraction of sp³-hybridized carbons (Fsp3) is 0.160. The molecule has 140 valence electrons. The molecule has 0 fully saturated rings. The third kappa shape index (κ3) is 3.84. The van der Waals surface area contributed by atoms with Gasteiger partial charge in [-0.15, -0.1) is 0 Å². The van der Waals surface area contributed by atoms with E-state index in [4.69, 9.17) is 14.1 Å². The number of allylic oxidation sites excluding steroid dienone is 4. The van der Waals surface area contributed by atoms with Crippen molar-refractivity contribution >= 4 is 11.6 Å². The lowest BCUT2D eigenvalue weighted by Gasteiger charge is -2.13. The minimum Gasteiger partial charge on any atom is -0.487 e. The number of oxazole rings is 1. The molecule has 0 N–H and O–H groups in total. The molecular weight excluding hydrogens is 346 g/mol. The van der Waals surface area contributed by atoms with Crippen LogP contribution in [-0.2, 0) is 6.61 Å². The van der Waals surface area contributed by atoms with Gasteiger partial charge in [0.15, 0.2) is 5.76 Å². The summed E-state index contributed by atoms with van der Waals surface area (Å²) in [5, 5.41) is 0. The molecule has 1 unspecified atom stereocenters. The molecule has 0 aliphatic heterocycles. The number of aromatic nitrogens is 1. The van der Waals surface area contributed by atoms with Gasteiger partial charge in [0.25, 0.3) is 0 Å². The van der Waals surface area contributed by atoms with E-state index in [0.29, 0.717) is 18.4 Å². The summed E-state index contributed by atoms with van der Waals surface area (Å²) in [7, 11) is 0. The zero-order chi connectivity index (χ0) is 19.3. The second-order valence-corrected chi connectivity index (χ2v) is 6.91. The van der Waals surface area contributed by atoms with Crippen molar-refractivity contribution < 1.29 is 9.15 Å². The van der Waals surface area contributed by atoms with Gasteiger partial charge in [0, 0.05) is 11.1 Å². The van der Waals surface area contributed by atoms with Gasteiger partial charge in [0.05, 0.1) is 0 Å². The lowest BCUT2D eigenvalue weighted by molar-refractivity contribution is 0.302. The lowest BCUT2D eigenvalue weighted by Crippen LogP contribution is -2.02. The fourth-order valence-corrected chi connectivity index (χ4v) is 3.27. The third-order valence-electron chi connectivity index (χ3n) is 4.90. The number of hydrogen-bond acceptors (Lipinski definition) is 3. The van der Waals surface area contributed by atoms with E-state index in [9.17, 15) is 0 Å². The highest BCUT2D eigenvalue weighted by Crippen LogP contribution is 2.34. The molecule has 1 heterocycles. The Hall–Kier alpha value is -3.33. The normalized spacial score (nSPS) is 15.9. The molecule has 1 aliphatic carbocycles. The van der Waals surface area contributed by atoms with Crippen LogP contribution in [0.25, 0.3) is 23.0 Å². The first kappa shape index (κ1) is 18.1. The van der Waals surface area contributed by atoms with Gasteiger partial charge in [0.1, 0.15) is 18.1 Å². The zero-order valence-corrected chi connectivity index (χ0v) is 16.0. The van der Waals surface area contributed by atoms with Gasteiger partial charge in [-0.05, 0) is 30.0 Å². The maximum Gasteiger partial charge on any atom is 0.223 e. The molecule has 3 heteroatoms. The molecular formula is C25H23NO2. The molecule has 0 saturated heterocycles. The van der Waals surface area contributed by atoms with Crippen molar-refractivity contribution in [3.63, 3.8) is 0 Å². The number of nitrogens with zero attached hydrogens (tertiary/aromatic N) is 1. The summed E-state index contributed by atoms with van der Waals surface area (Å²) in [4.78, 5) is 4.80. The molecule has 1 aliphatic rings. The smallest absolute Gasteiger partial charge is 0.223 e. The van der Waals surface area contributed by atoms with Crippen LogP contribution in [-0.4, -0.2) is 4.98 Å². The van der Waals surface area contributed by atoms with E-state index in [2.05, 4.69) is 31.7 Å². The van der Waals surface area contributed by atoms with Crippen molar-refractivity contribution in [2.24, 2.45) is 5.92 Å². The van der Waals surface area contributed by atoms with Crippen LogP contribution in [0.4, 0.5) is 0 Å². The Morgan fingerprint density at radius 2 is 1.93 bits per heavy atom. The largest absolute Gasteiger partial charge is 0.487 e. The number of benzene rings is 2. The standard InChI is InChI=1S/C25H23NO2/c1-3-19-13-15-21(16-14-19)27-17-23-24(20-10-5-4-6-11-20)28-25(26-23)22-12-8-7-9-18(22)2/h3-8,10-16,18H,1,9,17H2,2H3. The topological polar surface area (TPSA) is 35.3 Å². The predicted molar refractivity (Wildman–Crippen MR) is 114 cm³/mol. The van der Waals surface area contributed by atoms with Gasteiger partial charge in [-0.2, -0.15) is 0 Å². The molecule has 3 aromatic rings. The van der Waals surface area contributed by atoms with E-state index >= 15 is 0 Å². The van der Waals surface area contributed by atoms with Gasteiger partial charge in [-0.3, -0.25) is 0 Å². The summed E-state index contributed by atoms with van der Waals surface area (Å²) in [5.74, 6) is 2.62. The van der Waals surface area contributed by atoms with Crippen LogP contribution < -0.4 is 4.74 Å². The van der Waals surface area contributed by atoms with Gasteiger partial charge in [-0.25, -0.2) is 4.98 Å². The first-order chi connectivity index (χ1) is 13.7. The molecule has 2 aromatic carbocycles. The van der Waals surface area contributed by atoms with E-state index in [0.717, 1.165) is 40.3 Å². The second kappa shape index (κ2) is 8.13. The average Bonchev–Trinajstić information content (AvgIpc) is 3.17. The first-order valence-electron chi connectivity index (χ1n) is 9.52. The summed E-state index contributed by atoms with van der Waals surface area (Å²) in [6, 6.07) is 17.9. The molecule has 0 radical (unpaired) electrons. The van der Waals surface area contributed by atoms with Gasteiger partial charge in [-0.1, -0.05) is 80.3 Å². The Balaban J connectivity index is 1.65. The minimum absolute atomic E-state index is 0.346. The Labute approximate surface area is 165 Å². The van der Waals surface area contributed by atoms with Crippen LogP contribution in [0, 0.1) is 5.92 Å². The van der Waals surface area contributed by atoms with Crippen molar-refractivity contribution in [1.29, 1.82) is 0 Å². The Morgan fingerprint density at radius 1 is 1.14 bits per heavy atom. The van der Waals surface area contributed by atoms with E-state index in [1.54, 1.807) is 0 Å². The quantitative estimate of drug-likeness (QED) is 0.494. The molecule has 0 bridgehead atoms. The van der Waals surface area contributed by atoms with Gasteiger partial charge >= 0.3 is 0 Å². The van der Waals surface area contributed by atoms with Crippen LogP contribution in [0.5, 0.6) is 5.75 Å². The molecule has 0 spiro atoms. The third-order valence-corrected chi connectivity index (χ3v) is 4.90. The van der Waals surface area contributed by atoms with Crippen molar-refractivity contribution in [1.82, 2.24) is 4.98 Å². The molecule has 28 heavy (non-hydrogen) atoms. The maximum atomic E-state index is 6.23. The molecule has 0 saturated carbocycles. The lowest BCUT2D eigenvalue weighted by atomic mass is 9.93. The second-order valence-electron chi connectivity index (χ2n) is 6.91. The Bertz CT molecular complexity index is 1010. The van der Waals surface area contributed by atoms with Crippen molar-refractivity contribution in [2.75, 3.05) is 0 Å². The van der Waals surface area contributed by atoms with Gasteiger partial charge < -0.3 is 9.15 Å². The van der Waals surface area contributed by atoms with E-state index < -0.39 is 0 Å². The highest BCUT2D eigenvalue weighted by molar-refractivity contribution is 5.68. The first-order valence-corrected chi connectivity index (χ1v) is 9.52. The van der Waals surface area contributed by atoms with Crippen molar-refractivity contribution in [3.05, 3.63) is 96.6 Å². The molecule has 1 aromatic heterocycles. The highest BCUT2D eigenvalue weighted by atomic mass is 16.5. The Kier molecular flexibility index (Phi) is 5.24. The number of hydrogen-bond donors (Lipinski definition) is 0. The minimum atomic E-state index is 0.346. The van der Waals surface area contributed by atoms with Gasteiger partial charge in [0.2, 0.25) is 5.89 Å². The SMILES string of the molecule is C=Cc1ccc(OCc2nc(C3=CC=CCC3C)oc2-c2ccccc2)cc1. The summed E-state index contributed by atoms with van der Waals surface area (Å²) in [6.07, 6.45) is 9.14. The number of ether oxygens (including phenoxy) is 1. The Morgan fingerprint density at radius 3 is 2.64 bits per heavy atom. The van der Waals surface area contributed by atoms with Crippen LogP contribution in [0.2, 0.25) is 0 Å². The summed E-state index contributed by atoms with van der Waals surface area (Å²) >= 11 is 0. The predicted octanol–water partition coefficient (Wildman–Crippen LogP) is 6.54. The number of rotatable bonds is 6. The molecule has 4 rings (SSSR count). The van der Waals surface area contributed by atoms with E-state index in [1.807, 2.05) is 60.7 Å². The van der Waals surface area contributed by atoms with Crippen LogP contribution in [0.3, 0.4) is 0 Å². The van der Waals surface area contributed by atoms with Crippen LogP contribution >= 0.6 is 0 Å². The zero-order valence-electron chi connectivity index (χ0n) is 16.0. The maximum absolute atomic E-state index is 6.23. The molecule has 1 atom stereocenters. The van der Waals surface area contributed by atoms with Crippen molar-refractivity contribution in [3.8, 4) is 17.1 Å². The molecule has 3 nitrogen and oxygen atoms in total. The fourth-order valence-electron chi connectivity index (χ4n) is 3.27. The molecule has 0 amide bonds. The van der Waals surface area contributed by atoms with Crippen molar-refractivity contribution in [2.45, 2.75) is 20.0 Å². The van der Waals surface area contributed by atoms with Crippen LogP contribution in [0.1, 0.15) is 30.5 Å².